The molecule has 0 aromatic carbocycles. The summed E-state index contributed by atoms with van der Waals surface area (Å²) in [6.07, 6.45) is 3.17. The summed E-state index contributed by atoms with van der Waals surface area (Å²) in [6.45, 7) is 0.463. The summed E-state index contributed by atoms with van der Waals surface area (Å²) in [5.41, 5.74) is 5.32. The van der Waals surface area contributed by atoms with Crippen LogP contribution < -0.4 is 5.73 Å². The first-order valence-corrected chi connectivity index (χ1v) is 5.11. The number of aryl methyl sites for hydroxylation is 1. The lowest BCUT2D eigenvalue weighted by atomic mass is 10.0. The van der Waals surface area contributed by atoms with Crippen LogP contribution in [0.4, 0.5) is 14.7 Å². The van der Waals surface area contributed by atoms with E-state index >= 15 is 0 Å². The van der Waals surface area contributed by atoms with E-state index in [1.165, 1.54) is 11.0 Å². The Kier molecular flexibility index (Phi) is 2.58. The molecule has 2 rings (SSSR count). The number of aromatic nitrogens is 3. The highest BCUT2D eigenvalue weighted by atomic mass is 19.3. The van der Waals surface area contributed by atoms with Crippen LogP contribution in [-0.2, 0) is 6.54 Å². The minimum atomic E-state index is -2.49. The SMILES string of the molecule is Nc1ncn(CCC2CCCC2(F)F)n1. The molecule has 6 heteroatoms. The molecule has 1 heterocycles. The molecule has 2 N–H and O–H groups in total. The Morgan fingerprint density at radius 1 is 1.60 bits per heavy atom. The number of nitrogens with two attached hydrogens (primary N) is 1. The summed E-state index contributed by atoms with van der Waals surface area (Å²) in [5.74, 6) is -2.82. The van der Waals surface area contributed by atoms with E-state index in [9.17, 15) is 8.78 Å². The fourth-order valence-electron chi connectivity index (χ4n) is 2.06. The van der Waals surface area contributed by atoms with Gasteiger partial charge in [-0.25, -0.2) is 13.8 Å². The van der Waals surface area contributed by atoms with E-state index in [0.717, 1.165) is 0 Å². The van der Waals surface area contributed by atoms with Crippen molar-refractivity contribution in [3.8, 4) is 0 Å². The highest BCUT2D eigenvalue weighted by Gasteiger charge is 2.43. The number of nitrogen functional groups attached to an aromatic ring is 1. The first-order valence-electron chi connectivity index (χ1n) is 5.11. The minimum absolute atomic E-state index is 0.0250. The molecule has 1 aliphatic rings. The second-order valence-corrected chi connectivity index (χ2v) is 4.00. The van der Waals surface area contributed by atoms with Gasteiger partial charge in [0.25, 0.3) is 5.92 Å². The number of nitrogens with zero attached hydrogens (tertiary/aromatic N) is 3. The predicted octanol–water partition coefficient (Wildman–Crippen LogP) is 1.69. The second-order valence-electron chi connectivity index (χ2n) is 4.00. The zero-order valence-electron chi connectivity index (χ0n) is 8.37. The van der Waals surface area contributed by atoms with E-state index in [1.807, 2.05) is 0 Å². The van der Waals surface area contributed by atoms with Crippen LogP contribution in [0.5, 0.6) is 0 Å². The molecule has 0 aliphatic heterocycles. The molecule has 0 spiro atoms. The van der Waals surface area contributed by atoms with Crippen molar-refractivity contribution >= 4 is 5.95 Å². The smallest absolute Gasteiger partial charge is 0.251 e. The van der Waals surface area contributed by atoms with Crippen LogP contribution in [0.3, 0.4) is 0 Å². The van der Waals surface area contributed by atoms with Crippen LogP contribution >= 0.6 is 0 Å². The fraction of sp³-hybridized carbons (Fsp3) is 0.778. The van der Waals surface area contributed by atoms with Gasteiger partial charge in [-0.05, 0) is 19.3 Å². The number of alkyl halides is 2. The van der Waals surface area contributed by atoms with Crippen molar-refractivity contribution in [2.75, 3.05) is 5.73 Å². The first kappa shape index (κ1) is 10.3. The van der Waals surface area contributed by atoms with Crippen LogP contribution in [0.25, 0.3) is 0 Å². The standard InChI is InChI=1S/C9H14F2N4/c10-9(11)4-1-2-7(9)3-5-15-6-13-8(12)14-15/h6-7H,1-5H2,(H2,12,14). The maximum atomic E-state index is 13.2. The summed E-state index contributed by atoms with van der Waals surface area (Å²) in [6, 6.07) is 0. The third-order valence-electron chi connectivity index (χ3n) is 2.92. The monoisotopic (exact) mass is 216 g/mol. The van der Waals surface area contributed by atoms with Gasteiger partial charge in [-0.1, -0.05) is 0 Å². The molecule has 1 fully saturated rings. The van der Waals surface area contributed by atoms with Crippen LogP contribution in [0.1, 0.15) is 25.7 Å². The molecule has 1 unspecified atom stereocenters. The Balaban J connectivity index is 1.88. The molecular weight excluding hydrogens is 202 g/mol. The van der Waals surface area contributed by atoms with Crippen molar-refractivity contribution in [2.24, 2.45) is 5.92 Å². The molecule has 4 nitrogen and oxygen atoms in total. The maximum absolute atomic E-state index is 13.2. The molecule has 1 saturated carbocycles. The van der Waals surface area contributed by atoms with Crippen molar-refractivity contribution in [2.45, 2.75) is 38.2 Å². The van der Waals surface area contributed by atoms with Crippen LogP contribution in [0.15, 0.2) is 6.33 Å². The molecule has 0 bridgehead atoms. The average molecular weight is 216 g/mol. The molecule has 1 aromatic rings. The summed E-state index contributed by atoms with van der Waals surface area (Å²) in [7, 11) is 0. The van der Waals surface area contributed by atoms with Crippen LogP contribution in [0, 0.1) is 5.92 Å². The zero-order valence-corrected chi connectivity index (χ0v) is 8.37. The van der Waals surface area contributed by atoms with Crippen molar-refractivity contribution in [1.82, 2.24) is 14.8 Å². The van der Waals surface area contributed by atoms with Crippen molar-refractivity contribution in [1.29, 1.82) is 0 Å². The zero-order chi connectivity index (χ0) is 10.9. The molecule has 0 radical (unpaired) electrons. The van der Waals surface area contributed by atoms with Gasteiger partial charge in [0.2, 0.25) is 5.95 Å². The fourth-order valence-corrected chi connectivity index (χ4v) is 2.06. The topological polar surface area (TPSA) is 56.7 Å². The van der Waals surface area contributed by atoms with Gasteiger partial charge in [0.05, 0.1) is 0 Å². The molecule has 0 saturated heterocycles. The normalized spacial score (nSPS) is 24.5. The summed E-state index contributed by atoms with van der Waals surface area (Å²) >= 11 is 0. The first-order chi connectivity index (χ1) is 7.08. The molecule has 1 atom stereocenters. The van der Waals surface area contributed by atoms with E-state index in [4.69, 9.17) is 5.73 Å². The van der Waals surface area contributed by atoms with Gasteiger partial charge in [-0.3, -0.25) is 4.68 Å². The number of rotatable bonds is 3. The van der Waals surface area contributed by atoms with Gasteiger partial charge in [-0.15, -0.1) is 5.10 Å². The lowest BCUT2D eigenvalue weighted by Crippen LogP contribution is -2.23. The number of hydrogen-bond acceptors (Lipinski definition) is 3. The van der Waals surface area contributed by atoms with Gasteiger partial charge in [-0.2, -0.15) is 0 Å². The predicted molar refractivity (Wildman–Crippen MR) is 51.3 cm³/mol. The van der Waals surface area contributed by atoms with Crippen molar-refractivity contribution in [3.63, 3.8) is 0 Å². The largest absolute Gasteiger partial charge is 0.367 e. The summed E-state index contributed by atoms with van der Waals surface area (Å²) < 4.78 is 28.0. The number of anilines is 1. The Labute approximate surface area is 86.5 Å². The molecule has 1 aliphatic carbocycles. The van der Waals surface area contributed by atoms with Crippen molar-refractivity contribution in [3.05, 3.63) is 6.33 Å². The summed E-state index contributed by atoms with van der Waals surface area (Å²) in [5, 5.41) is 3.86. The quantitative estimate of drug-likeness (QED) is 0.836. The van der Waals surface area contributed by atoms with E-state index in [1.54, 1.807) is 0 Å². The van der Waals surface area contributed by atoms with Crippen LogP contribution in [0.2, 0.25) is 0 Å². The molecule has 1 aromatic heterocycles. The highest BCUT2D eigenvalue weighted by molar-refractivity contribution is 5.09. The van der Waals surface area contributed by atoms with Crippen LogP contribution in [-0.4, -0.2) is 20.7 Å². The van der Waals surface area contributed by atoms with Gasteiger partial charge >= 0.3 is 0 Å². The highest BCUT2D eigenvalue weighted by Crippen LogP contribution is 2.42. The lowest BCUT2D eigenvalue weighted by Gasteiger charge is -2.18. The third-order valence-corrected chi connectivity index (χ3v) is 2.92. The molecule has 15 heavy (non-hydrogen) atoms. The third kappa shape index (κ3) is 2.24. The minimum Gasteiger partial charge on any atom is -0.367 e. The maximum Gasteiger partial charge on any atom is 0.251 e. The van der Waals surface area contributed by atoms with E-state index in [2.05, 4.69) is 10.1 Å². The van der Waals surface area contributed by atoms with Gasteiger partial charge in [0.15, 0.2) is 0 Å². The van der Waals surface area contributed by atoms with Gasteiger partial charge in [0.1, 0.15) is 6.33 Å². The molecular formula is C9H14F2N4. The Bertz CT molecular complexity index is 337. The molecule has 0 amide bonds. The number of halogens is 2. The number of hydrogen-bond donors (Lipinski definition) is 1. The Hall–Kier alpha value is -1.20. The molecule has 84 valence electrons. The Morgan fingerprint density at radius 2 is 2.40 bits per heavy atom. The summed E-state index contributed by atoms with van der Waals surface area (Å²) in [4.78, 5) is 3.74. The van der Waals surface area contributed by atoms with Gasteiger partial charge < -0.3 is 5.73 Å². The lowest BCUT2D eigenvalue weighted by molar-refractivity contribution is -0.0408. The Morgan fingerprint density at radius 3 is 2.93 bits per heavy atom. The second kappa shape index (κ2) is 3.75. The van der Waals surface area contributed by atoms with E-state index in [0.29, 0.717) is 25.8 Å². The average Bonchev–Trinajstić information content (AvgIpc) is 2.69. The van der Waals surface area contributed by atoms with Crippen molar-refractivity contribution < 1.29 is 8.78 Å². The van der Waals surface area contributed by atoms with E-state index in [-0.39, 0.29) is 12.4 Å². The van der Waals surface area contributed by atoms with Gasteiger partial charge in [0, 0.05) is 18.9 Å². The van der Waals surface area contributed by atoms with E-state index < -0.39 is 11.8 Å².